The molecule has 1 rings (SSSR count). The largest absolute Gasteiger partial charge is 0.343 e. The van der Waals surface area contributed by atoms with Gasteiger partial charge in [0, 0.05) is 6.42 Å². The Bertz CT molecular complexity index is 49.0. The molecule has 1 heterocycles. The Balaban J connectivity index is 2.26. The van der Waals surface area contributed by atoms with Gasteiger partial charge in [-0.05, 0) is 6.08 Å². The molecule has 1 aliphatic heterocycles. The zero-order chi connectivity index (χ0) is 4.24. The molecule has 0 spiro atoms. The van der Waals surface area contributed by atoms with Crippen molar-refractivity contribution in [1.29, 1.82) is 0 Å². The highest BCUT2D eigenvalue weighted by molar-refractivity contribution is 4.82. The molecule has 0 amide bonds. The molecule has 0 aliphatic carbocycles. The fourth-order valence-electron chi connectivity index (χ4n) is 0.642. The van der Waals surface area contributed by atoms with E-state index >= 15 is 0 Å². The first-order chi connectivity index (χ1) is 3.00. The first-order valence-corrected chi connectivity index (χ1v) is 2.47. The van der Waals surface area contributed by atoms with E-state index in [4.69, 9.17) is 0 Å². The van der Waals surface area contributed by atoms with E-state index in [1.807, 2.05) is 0 Å². The van der Waals surface area contributed by atoms with Crippen LogP contribution in [0.2, 0.25) is 0 Å². The minimum atomic E-state index is 1.19. The topological polar surface area (TPSA) is 16.6 Å². The van der Waals surface area contributed by atoms with Crippen LogP contribution in [0.3, 0.4) is 0 Å². The third kappa shape index (κ3) is 0.830. The van der Waals surface area contributed by atoms with E-state index in [0.29, 0.717) is 0 Å². The summed E-state index contributed by atoms with van der Waals surface area (Å²) < 4.78 is 0. The van der Waals surface area contributed by atoms with E-state index in [1.54, 1.807) is 0 Å². The average Bonchev–Trinajstić information content (AvgIpc) is 1.72. The van der Waals surface area contributed by atoms with Gasteiger partial charge >= 0.3 is 0 Å². The maximum absolute atomic E-state index is 2.31. The van der Waals surface area contributed by atoms with Gasteiger partial charge in [-0.2, -0.15) is 0 Å². The van der Waals surface area contributed by atoms with Crippen molar-refractivity contribution in [3.63, 3.8) is 0 Å². The molecule has 0 radical (unpaired) electrons. The van der Waals surface area contributed by atoms with E-state index in [1.165, 1.54) is 19.5 Å². The van der Waals surface area contributed by atoms with Crippen LogP contribution in [0.1, 0.15) is 6.42 Å². The zero-order valence-electron chi connectivity index (χ0n) is 3.85. The lowest BCUT2D eigenvalue weighted by molar-refractivity contribution is -0.647. The molecule has 1 heteroatoms. The second kappa shape index (κ2) is 1.98. The van der Waals surface area contributed by atoms with Crippen molar-refractivity contribution in [1.82, 2.24) is 0 Å². The van der Waals surface area contributed by atoms with Gasteiger partial charge in [0.2, 0.25) is 0 Å². The Morgan fingerprint density at radius 3 is 2.50 bits per heavy atom. The molecule has 2 N–H and O–H groups in total. The van der Waals surface area contributed by atoms with E-state index in [0.717, 1.165) is 0 Å². The van der Waals surface area contributed by atoms with Crippen LogP contribution in [0.5, 0.6) is 0 Å². The van der Waals surface area contributed by atoms with Crippen molar-refractivity contribution >= 4 is 0 Å². The SMILES string of the molecule is C1=CC[NH2+]CC1. The van der Waals surface area contributed by atoms with Crippen molar-refractivity contribution in [3.05, 3.63) is 12.2 Å². The Morgan fingerprint density at radius 2 is 2.33 bits per heavy atom. The van der Waals surface area contributed by atoms with Gasteiger partial charge in [0.05, 0.1) is 13.1 Å². The van der Waals surface area contributed by atoms with Crippen LogP contribution in [0.15, 0.2) is 12.2 Å². The van der Waals surface area contributed by atoms with Crippen molar-refractivity contribution in [2.45, 2.75) is 6.42 Å². The summed E-state index contributed by atoms with van der Waals surface area (Å²) in [7, 11) is 0. The number of hydrogen-bond donors (Lipinski definition) is 1. The van der Waals surface area contributed by atoms with E-state index in [-0.39, 0.29) is 0 Å². The summed E-state index contributed by atoms with van der Waals surface area (Å²) in [6.07, 6.45) is 5.71. The van der Waals surface area contributed by atoms with Crippen molar-refractivity contribution in [3.8, 4) is 0 Å². The van der Waals surface area contributed by atoms with Gasteiger partial charge in [0.25, 0.3) is 0 Å². The van der Waals surface area contributed by atoms with Crippen LogP contribution in [-0.4, -0.2) is 13.1 Å². The second-order valence-corrected chi connectivity index (χ2v) is 1.57. The first-order valence-electron chi connectivity index (χ1n) is 2.47. The normalized spacial score (nSPS) is 21.3. The molecule has 34 valence electrons. The molecular formula is C5H10N+. The number of rotatable bonds is 0. The Labute approximate surface area is 38.1 Å². The van der Waals surface area contributed by atoms with Crippen molar-refractivity contribution in [2.24, 2.45) is 0 Å². The molecule has 0 aromatic rings. The van der Waals surface area contributed by atoms with E-state index in [2.05, 4.69) is 17.5 Å². The highest BCUT2D eigenvalue weighted by Gasteiger charge is 1.88. The molecule has 1 nitrogen and oxygen atoms in total. The minimum absolute atomic E-state index is 1.19. The quantitative estimate of drug-likeness (QED) is 0.381. The van der Waals surface area contributed by atoms with Gasteiger partial charge in [-0.3, -0.25) is 0 Å². The summed E-state index contributed by atoms with van der Waals surface area (Å²) in [5.74, 6) is 0. The molecule has 0 unspecified atom stereocenters. The van der Waals surface area contributed by atoms with Gasteiger partial charge in [0.15, 0.2) is 0 Å². The Hall–Kier alpha value is -0.300. The number of hydrogen-bond acceptors (Lipinski definition) is 0. The van der Waals surface area contributed by atoms with Crippen LogP contribution in [0, 0.1) is 0 Å². The van der Waals surface area contributed by atoms with Crippen LogP contribution in [0.4, 0.5) is 0 Å². The highest BCUT2D eigenvalue weighted by atomic mass is 14.8. The van der Waals surface area contributed by atoms with Crippen LogP contribution in [-0.2, 0) is 0 Å². The molecule has 1 aliphatic rings. The van der Waals surface area contributed by atoms with Gasteiger partial charge in [-0.25, -0.2) is 0 Å². The molecule has 6 heavy (non-hydrogen) atoms. The van der Waals surface area contributed by atoms with Crippen LogP contribution in [0.25, 0.3) is 0 Å². The molecule has 0 aromatic carbocycles. The van der Waals surface area contributed by atoms with Crippen molar-refractivity contribution < 1.29 is 5.32 Å². The summed E-state index contributed by atoms with van der Waals surface area (Å²) in [5.41, 5.74) is 0. The Kier molecular flexibility index (Phi) is 1.28. The van der Waals surface area contributed by atoms with Gasteiger partial charge < -0.3 is 5.32 Å². The standard InChI is InChI=1S/C5H9N/c1-2-4-6-5-3-1/h1-2,6H,3-5H2/p+1. The maximum atomic E-state index is 2.31. The van der Waals surface area contributed by atoms with E-state index < -0.39 is 0 Å². The molecule has 0 atom stereocenters. The predicted molar refractivity (Wildman–Crippen MR) is 25.4 cm³/mol. The number of quaternary nitrogens is 1. The third-order valence-corrected chi connectivity index (χ3v) is 1.01. The Morgan fingerprint density at radius 1 is 1.33 bits per heavy atom. The average molecular weight is 84.1 g/mol. The fourth-order valence-corrected chi connectivity index (χ4v) is 0.642. The van der Waals surface area contributed by atoms with Crippen LogP contribution < -0.4 is 5.32 Å². The summed E-state index contributed by atoms with van der Waals surface area (Å²) in [5, 5.41) is 2.31. The smallest absolute Gasteiger partial charge is 0.0942 e. The highest BCUT2D eigenvalue weighted by Crippen LogP contribution is 1.77. The second-order valence-electron chi connectivity index (χ2n) is 1.57. The molecule has 0 fully saturated rings. The lowest BCUT2D eigenvalue weighted by Gasteiger charge is -1.98. The minimum Gasteiger partial charge on any atom is -0.343 e. The summed E-state index contributed by atoms with van der Waals surface area (Å²) >= 11 is 0. The molecule has 0 saturated heterocycles. The summed E-state index contributed by atoms with van der Waals surface area (Å²) in [6.45, 7) is 2.48. The monoisotopic (exact) mass is 84.1 g/mol. The molecule has 0 bridgehead atoms. The molecule has 0 saturated carbocycles. The molecular weight excluding hydrogens is 74.1 g/mol. The van der Waals surface area contributed by atoms with Gasteiger partial charge in [0.1, 0.15) is 0 Å². The molecule has 0 aromatic heterocycles. The third-order valence-electron chi connectivity index (χ3n) is 1.01. The van der Waals surface area contributed by atoms with E-state index in [9.17, 15) is 0 Å². The van der Waals surface area contributed by atoms with Crippen molar-refractivity contribution in [2.75, 3.05) is 13.1 Å². The van der Waals surface area contributed by atoms with Crippen LogP contribution >= 0.6 is 0 Å². The van der Waals surface area contributed by atoms with Gasteiger partial charge in [-0.15, -0.1) is 0 Å². The fraction of sp³-hybridized carbons (Fsp3) is 0.600. The lowest BCUT2D eigenvalue weighted by Crippen LogP contribution is -2.84. The number of nitrogens with two attached hydrogens (primary N) is 1. The summed E-state index contributed by atoms with van der Waals surface area (Å²) in [4.78, 5) is 0. The predicted octanol–water partition coefficient (Wildman–Crippen LogP) is -0.490. The first kappa shape index (κ1) is 3.88. The van der Waals surface area contributed by atoms with Gasteiger partial charge in [-0.1, -0.05) is 6.08 Å². The lowest BCUT2D eigenvalue weighted by atomic mass is 10.3. The zero-order valence-corrected chi connectivity index (χ0v) is 3.85. The maximum Gasteiger partial charge on any atom is 0.0942 e. The summed E-state index contributed by atoms with van der Waals surface area (Å²) in [6, 6.07) is 0.